The number of hydrogen-bond donors (Lipinski definition) is 0. The fourth-order valence-corrected chi connectivity index (χ4v) is 5.06. The average molecular weight is 314 g/mol. The van der Waals surface area contributed by atoms with Crippen molar-refractivity contribution in [3.63, 3.8) is 0 Å². The Morgan fingerprint density at radius 3 is 2.70 bits per heavy atom. The van der Waals surface area contributed by atoms with Crippen LogP contribution in [0.2, 0.25) is 5.02 Å². The highest BCUT2D eigenvalue weighted by atomic mass is 35.5. The molecule has 1 aromatic rings. The fraction of sp³-hybridized carbons (Fsp3) is 0.500. The Balaban J connectivity index is 2.48. The molecule has 3 atom stereocenters. The number of rotatable bonds is 5. The van der Waals surface area contributed by atoms with Crippen molar-refractivity contribution in [3.05, 3.63) is 34.9 Å². The van der Waals surface area contributed by atoms with Gasteiger partial charge in [-0.1, -0.05) is 30.7 Å². The van der Waals surface area contributed by atoms with Gasteiger partial charge in [0.2, 0.25) is 0 Å². The molecule has 1 fully saturated rings. The van der Waals surface area contributed by atoms with Crippen LogP contribution >= 0.6 is 11.6 Å². The lowest BCUT2D eigenvalue weighted by Gasteiger charge is -2.07. The summed E-state index contributed by atoms with van der Waals surface area (Å²) in [5, 5.41) is 9.31. The molecule has 6 heteroatoms. The van der Waals surface area contributed by atoms with E-state index in [2.05, 4.69) is 6.07 Å². The van der Waals surface area contributed by atoms with E-state index in [1.807, 2.05) is 6.07 Å². The molecule has 1 aromatic carbocycles. The highest BCUT2D eigenvalue weighted by Gasteiger charge is 2.71. The molecule has 1 aliphatic rings. The van der Waals surface area contributed by atoms with Gasteiger partial charge in [0.15, 0.2) is 9.84 Å². The van der Waals surface area contributed by atoms with Crippen LogP contribution in [-0.2, 0) is 14.6 Å². The van der Waals surface area contributed by atoms with Crippen LogP contribution in [0, 0.1) is 16.7 Å². The van der Waals surface area contributed by atoms with Gasteiger partial charge in [-0.2, -0.15) is 5.26 Å². The minimum atomic E-state index is -3.32. The minimum absolute atomic E-state index is 0.0158. The van der Waals surface area contributed by atoms with Gasteiger partial charge in [-0.25, -0.2) is 8.42 Å². The maximum Gasteiger partial charge on any atom is 0.155 e. The third kappa shape index (κ3) is 2.32. The summed E-state index contributed by atoms with van der Waals surface area (Å²) in [5.41, 5.74) is -0.230. The first-order chi connectivity index (χ1) is 9.43. The second-order valence-electron chi connectivity index (χ2n) is 4.99. The molecule has 20 heavy (non-hydrogen) atoms. The monoisotopic (exact) mass is 313 g/mol. The van der Waals surface area contributed by atoms with Gasteiger partial charge in [0.25, 0.3) is 0 Å². The fourth-order valence-electron chi connectivity index (χ4n) is 2.86. The van der Waals surface area contributed by atoms with Gasteiger partial charge in [0, 0.05) is 23.8 Å². The Morgan fingerprint density at radius 2 is 2.20 bits per heavy atom. The predicted molar refractivity (Wildman–Crippen MR) is 77.4 cm³/mol. The molecule has 4 nitrogen and oxygen atoms in total. The van der Waals surface area contributed by atoms with Crippen molar-refractivity contribution in [2.24, 2.45) is 5.41 Å². The largest absolute Gasteiger partial charge is 0.383 e. The first-order valence-electron chi connectivity index (χ1n) is 6.30. The summed E-state index contributed by atoms with van der Waals surface area (Å²) < 4.78 is 29.6. The molecule has 0 amide bonds. The van der Waals surface area contributed by atoms with Gasteiger partial charge >= 0.3 is 0 Å². The van der Waals surface area contributed by atoms with E-state index in [1.165, 1.54) is 7.11 Å². The molecule has 0 N–H and O–H groups in total. The van der Waals surface area contributed by atoms with Crippen molar-refractivity contribution in [2.45, 2.75) is 18.1 Å². The van der Waals surface area contributed by atoms with Crippen LogP contribution in [0.25, 0.3) is 0 Å². The van der Waals surface area contributed by atoms with Crippen LogP contribution in [0.1, 0.15) is 18.4 Å². The number of nitriles is 1. The summed E-state index contributed by atoms with van der Waals surface area (Å²) in [6, 6.07) is 9.18. The third-order valence-electron chi connectivity index (χ3n) is 3.84. The Kier molecular flexibility index (Phi) is 4.10. The number of methoxy groups -OCH3 is 1. The number of sulfone groups is 1. The van der Waals surface area contributed by atoms with Crippen LogP contribution < -0.4 is 0 Å². The van der Waals surface area contributed by atoms with E-state index in [-0.39, 0.29) is 18.3 Å². The molecule has 0 aliphatic heterocycles. The summed E-state index contributed by atoms with van der Waals surface area (Å²) in [5.74, 6) is -0.363. The Morgan fingerprint density at radius 1 is 1.50 bits per heavy atom. The molecule has 1 saturated carbocycles. The van der Waals surface area contributed by atoms with E-state index in [1.54, 1.807) is 25.1 Å². The molecule has 2 rings (SSSR count). The summed E-state index contributed by atoms with van der Waals surface area (Å²) >= 11 is 5.96. The quantitative estimate of drug-likeness (QED) is 0.837. The molecule has 0 aromatic heterocycles. The lowest BCUT2D eigenvalue weighted by atomic mass is 10.0. The maximum atomic E-state index is 12.2. The molecule has 0 radical (unpaired) electrons. The topological polar surface area (TPSA) is 67.2 Å². The second-order valence-corrected chi connectivity index (χ2v) is 7.84. The third-order valence-corrected chi connectivity index (χ3v) is 6.35. The van der Waals surface area contributed by atoms with Crippen molar-refractivity contribution >= 4 is 21.4 Å². The molecule has 0 spiro atoms. The van der Waals surface area contributed by atoms with Gasteiger partial charge in [-0.15, -0.1) is 0 Å². The standard InChI is InChI=1S/C14H16ClNO3S/c1-3-20(17,18)13-12(14(13,8-16)9-19-2)10-5-4-6-11(15)7-10/h4-7,12-13H,3,9H2,1-2H3/t12-,13-,14+/m1/s1. The van der Waals surface area contributed by atoms with E-state index in [0.29, 0.717) is 5.02 Å². The molecule has 108 valence electrons. The molecule has 0 unspecified atom stereocenters. The summed E-state index contributed by atoms with van der Waals surface area (Å²) in [6.45, 7) is 1.70. The van der Waals surface area contributed by atoms with E-state index in [4.69, 9.17) is 16.3 Å². The second kappa shape index (κ2) is 5.36. The Labute approximate surface area is 124 Å². The van der Waals surface area contributed by atoms with Crippen LogP contribution in [0.3, 0.4) is 0 Å². The van der Waals surface area contributed by atoms with E-state index < -0.39 is 20.5 Å². The number of ether oxygens (including phenoxy) is 1. The van der Waals surface area contributed by atoms with Crippen molar-refractivity contribution in [3.8, 4) is 6.07 Å². The van der Waals surface area contributed by atoms with Crippen molar-refractivity contribution in [2.75, 3.05) is 19.5 Å². The van der Waals surface area contributed by atoms with Crippen LogP contribution in [0.15, 0.2) is 24.3 Å². The number of nitrogens with zero attached hydrogens (tertiary/aromatic N) is 1. The van der Waals surface area contributed by atoms with Crippen LogP contribution in [0.5, 0.6) is 0 Å². The smallest absolute Gasteiger partial charge is 0.155 e. The Hall–Kier alpha value is -1.09. The lowest BCUT2D eigenvalue weighted by molar-refractivity contribution is 0.162. The van der Waals surface area contributed by atoms with E-state index >= 15 is 0 Å². The SMILES string of the molecule is CCS(=O)(=O)[C@@H]1[C@@H](c2cccc(Cl)c2)[C@]1(C#N)COC. The zero-order valence-electron chi connectivity index (χ0n) is 11.3. The van der Waals surface area contributed by atoms with Gasteiger partial charge in [-0.3, -0.25) is 0 Å². The summed E-state index contributed by atoms with van der Waals surface area (Å²) in [7, 11) is -1.85. The number of hydrogen-bond acceptors (Lipinski definition) is 4. The van der Waals surface area contributed by atoms with Crippen LogP contribution in [0.4, 0.5) is 0 Å². The highest BCUT2D eigenvalue weighted by molar-refractivity contribution is 7.92. The number of benzene rings is 1. The highest BCUT2D eigenvalue weighted by Crippen LogP contribution is 2.63. The molecule has 0 saturated heterocycles. The van der Waals surface area contributed by atoms with Crippen molar-refractivity contribution in [1.82, 2.24) is 0 Å². The van der Waals surface area contributed by atoms with Crippen LogP contribution in [-0.4, -0.2) is 33.1 Å². The average Bonchev–Trinajstić information content (AvgIpc) is 3.09. The van der Waals surface area contributed by atoms with Gasteiger partial charge in [0.05, 0.1) is 17.9 Å². The van der Waals surface area contributed by atoms with Crippen molar-refractivity contribution < 1.29 is 13.2 Å². The molecular weight excluding hydrogens is 298 g/mol. The van der Waals surface area contributed by atoms with E-state index in [9.17, 15) is 13.7 Å². The number of halogens is 1. The summed E-state index contributed by atoms with van der Waals surface area (Å²) in [6.07, 6.45) is 0. The van der Waals surface area contributed by atoms with E-state index in [0.717, 1.165) is 5.56 Å². The molecule has 0 heterocycles. The zero-order chi connectivity index (χ0) is 15.0. The zero-order valence-corrected chi connectivity index (χ0v) is 12.9. The van der Waals surface area contributed by atoms with Crippen molar-refractivity contribution in [1.29, 1.82) is 5.26 Å². The maximum absolute atomic E-state index is 12.2. The summed E-state index contributed by atoms with van der Waals surface area (Å²) in [4.78, 5) is 0. The Bertz CT molecular complexity index is 653. The lowest BCUT2D eigenvalue weighted by Crippen LogP contribution is -2.20. The van der Waals surface area contributed by atoms with Gasteiger partial charge in [0.1, 0.15) is 5.41 Å². The molecular formula is C14H16ClNO3S. The predicted octanol–water partition coefficient (Wildman–Crippen LogP) is 2.40. The van der Waals surface area contributed by atoms with Gasteiger partial charge < -0.3 is 4.74 Å². The normalized spacial score (nSPS) is 28.9. The first-order valence-corrected chi connectivity index (χ1v) is 8.39. The van der Waals surface area contributed by atoms with Gasteiger partial charge in [-0.05, 0) is 17.7 Å². The molecule has 0 bridgehead atoms. The first kappa shape index (κ1) is 15.3. The minimum Gasteiger partial charge on any atom is -0.383 e. The molecule has 1 aliphatic carbocycles.